The van der Waals surface area contributed by atoms with Crippen LogP contribution in [0.4, 0.5) is 52.7 Å². The quantitative estimate of drug-likeness (QED) is 0.251. The van der Waals surface area contributed by atoms with Crippen molar-refractivity contribution in [1.82, 2.24) is 0 Å². The van der Waals surface area contributed by atoms with E-state index in [1.54, 1.807) is 0 Å². The predicted octanol–water partition coefficient (Wildman–Crippen LogP) is 6.76. The second-order valence-electron chi connectivity index (χ2n) is 7.76. The molecule has 0 aromatic heterocycles. The van der Waals surface area contributed by atoms with E-state index in [0.29, 0.717) is 6.08 Å². The van der Waals surface area contributed by atoms with Gasteiger partial charge < -0.3 is 4.74 Å². The van der Waals surface area contributed by atoms with E-state index in [1.165, 1.54) is 0 Å². The largest absolute Gasteiger partial charge is 0.459 e. The van der Waals surface area contributed by atoms with E-state index in [4.69, 9.17) is 0 Å². The van der Waals surface area contributed by atoms with Crippen LogP contribution in [0.5, 0.6) is 0 Å². The molecule has 0 N–H and O–H groups in total. The number of hydrogen-bond donors (Lipinski definition) is 0. The van der Waals surface area contributed by atoms with Crippen molar-refractivity contribution in [2.24, 2.45) is 22.7 Å². The highest BCUT2D eigenvalue weighted by atomic mass is 19.4. The van der Waals surface area contributed by atoms with Crippen LogP contribution in [-0.2, 0) is 9.53 Å². The molecule has 1 rings (SSSR count). The van der Waals surface area contributed by atoms with E-state index in [2.05, 4.69) is 11.3 Å². The Morgan fingerprint density at radius 1 is 0.710 bits per heavy atom. The molecule has 182 valence electrons. The summed E-state index contributed by atoms with van der Waals surface area (Å²) in [4.78, 5) is 11.4. The number of rotatable bonds is 4. The molecule has 31 heavy (non-hydrogen) atoms. The lowest BCUT2D eigenvalue weighted by Crippen LogP contribution is -2.59. The highest BCUT2D eigenvalue weighted by molar-refractivity contribution is 5.81. The van der Waals surface area contributed by atoms with Crippen LogP contribution in [0.3, 0.4) is 0 Å². The fraction of sp³-hybridized carbons (Fsp3) is 0.824. The maximum Gasteiger partial charge on any atom is 0.403 e. The summed E-state index contributed by atoms with van der Waals surface area (Å²) >= 11 is 0. The Hall–Kier alpha value is -1.63. The molecule has 2 unspecified atom stereocenters. The van der Waals surface area contributed by atoms with Crippen molar-refractivity contribution < 1.29 is 62.2 Å². The number of alkyl halides is 12. The van der Waals surface area contributed by atoms with Crippen LogP contribution in [0.1, 0.15) is 33.1 Å². The fourth-order valence-corrected chi connectivity index (χ4v) is 3.77. The third kappa shape index (κ3) is 4.76. The number of esters is 1. The Balaban J connectivity index is 3.66. The average Bonchev–Trinajstić information content (AvgIpc) is 2.55. The van der Waals surface area contributed by atoms with Gasteiger partial charge in [-0.05, 0) is 44.9 Å². The predicted molar refractivity (Wildman–Crippen MR) is 81.3 cm³/mol. The highest BCUT2D eigenvalue weighted by Crippen LogP contribution is 2.64. The molecule has 0 radical (unpaired) electrons. The monoisotopic (exact) mass is 482 g/mol. The molecule has 1 fully saturated rings. The minimum atomic E-state index is -6.06. The molecule has 2 nitrogen and oxygen atoms in total. The topological polar surface area (TPSA) is 26.3 Å². The third-order valence-electron chi connectivity index (χ3n) is 6.10. The maximum atomic E-state index is 13.4. The molecule has 0 spiro atoms. The molecule has 0 heterocycles. The number of carbonyl (C=O) groups excluding carboxylic acids is 1. The summed E-state index contributed by atoms with van der Waals surface area (Å²) in [5, 5.41) is 0. The van der Waals surface area contributed by atoms with E-state index in [9.17, 15) is 57.5 Å². The van der Waals surface area contributed by atoms with Crippen LogP contribution in [0.25, 0.3) is 0 Å². The van der Waals surface area contributed by atoms with Gasteiger partial charge in [-0.1, -0.05) is 6.58 Å². The molecule has 0 bridgehead atoms. The van der Waals surface area contributed by atoms with Crippen molar-refractivity contribution in [1.29, 1.82) is 0 Å². The van der Waals surface area contributed by atoms with Gasteiger partial charge in [0.2, 0.25) is 0 Å². The smallest absolute Gasteiger partial charge is 0.403 e. The average molecular weight is 482 g/mol. The van der Waals surface area contributed by atoms with Crippen molar-refractivity contribution in [3.8, 4) is 0 Å². The highest BCUT2D eigenvalue weighted by Gasteiger charge is 2.75. The summed E-state index contributed by atoms with van der Waals surface area (Å²) in [6.45, 7) is 2.27. The SMILES string of the molecule is C=CC(=O)OC1CC(C(C)(C(F)(F)F)C(F)(F)F)CC(C(C)(C(F)(F)F)C(F)(F)F)C1. The summed E-state index contributed by atoms with van der Waals surface area (Å²) in [6, 6.07) is 0. The van der Waals surface area contributed by atoms with Crippen LogP contribution in [0, 0.1) is 22.7 Å². The molecule has 14 heteroatoms. The second-order valence-corrected chi connectivity index (χ2v) is 7.76. The minimum absolute atomic E-state index is 0.328. The van der Waals surface area contributed by atoms with Crippen LogP contribution >= 0.6 is 0 Å². The number of halogens is 12. The number of ether oxygens (including phenoxy) is 1. The molecular formula is C17H18F12O2. The third-order valence-corrected chi connectivity index (χ3v) is 6.10. The molecule has 0 aliphatic heterocycles. The Kier molecular flexibility index (Phi) is 7.12. The zero-order valence-electron chi connectivity index (χ0n) is 16.0. The van der Waals surface area contributed by atoms with E-state index in [0.717, 1.165) is 0 Å². The van der Waals surface area contributed by atoms with Crippen molar-refractivity contribution in [3.05, 3.63) is 12.7 Å². The molecular weight excluding hydrogens is 464 g/mol. The van der Waals surface area contributed by atoms with E-state index >= 15 is 0 Å². The van der Waals surface area contributed by atoms with Crippen LogP contribution in [-0.4, -0.2) is 36.8 Å². The Morgan fingerprint density at radius 3 is 1.23 bits per heavy atom. The Bertz CT molecular complexity index is 597. The minimum Gasteiger partial charge on any atom is -0.459 e. The zero-order valence-corrected chi connectivity index (χ0v) is 16.0. The van der Waals surface area contributed by atoms with Gasteiger partial charge in [-0.25, -0.2) is 4.79 Å². The Labute approximate surface area is 168 Å². The van der Waals surface area contributed by atoms with Crippen molar-refractivity contribution in [2.45, 2.75) is 63.9 Å². The van der Waals surface area contributed by atoms with Gasteiger partial charge in [0.25, 0.3) is 0 Å². The molecule has 0 aromatic carbocycles. The van der Waals surface area contributed by atoms with Gasteiger partial charge in [-0.15, -0.1) is 0 Å². The first-order chi connectivity index (χ1) is 13.5. The number of carbonyl (C=O) groups is 1. The fourth-order valence-electron chi connectivity index (χ4n) is 3.77. The summed E-state index contributed by atoms with van der Waals surface area (Å²) in [7, 11) is 0. The molecule has 1 saturated carbocycles. The normalized spacial score (nSPS) is 24.6. The first-order valence-corrected chi connectivity index (χ1v) is 8.64. The van der Waals surface area contributed by atoms with Gasteiger partial charge in [-0.2, -0.15) is 52.7 Å². The number of hydrogen-bond acceptors (Lipinski definition) is 2. The summed E-state index contributed by atoms with van der Waals surface area (Å²) in [5.74, 6) is -6.97. The zero-order chi connectivity index (χ0) is 24.8. The standard InChI is InChI=1S/C17H18F12O2/c1-4-11(30)31-10-6-8(12(2,14(18,19)20)15(21,22)23)5-9(7-10)13(3,16(24,25)26)17(27,28)29/h4,8-10H,1,5-7H2,2-3H3. The second kappa shape index (κ2) is 8.05. The first-order valence-electron chi connectivity index (χ1n) is 8.64. The van der Waals surface area contributed by atoms with Gasteiger partial charge in [0.1, 0.15) is 6.10 Å². The van der Waals surface area contributed by atoms with Gasteiger partial charge >= 0.3 is 30.7 Å². The van der Waals surface area contributed by atoms with Crippen molar-refractivity contribution in [2.75, 3.05) is 0 Å². The van der Waals surface area contributed by atoms with Crippen LogP contribution in [0.15, 0.2) is 12.7 Å². The van der Waals surface area contributed by atoms with Gasteiger partial charge in [0.15, 0.2) is 10.8 Å². The van der Waals surface area contributed by atoms with Crippen molar-refractivity contribution in [3.63, 3.8) is 0 Å². The van der Waals surface area contributed by atoms with Crippen LogP contribution < -0.4 is 0 Å². The van der Waals surface area contributed by atoms with Crippen LogP contribution in [0.2, 0.25) is 0 Å². The summed E-state index contributed by atoms with van der Waals surface area (Å²) in [5.41, 5.74) is -9.29. The first kappa shape index (κ1) is 27.4. The summed E-state index contributed by atoms with van der Waals surface area (Å²) < 4.78 is 166. The van der Waals surface area contributed by atoms with Gasteiger partial charge in [0, 0.05) is 6.08 Å². The van der Waals surface area contributed by atoms with Crippen molar-refractivity contribution >= 4 is 5.97 Å². The maximum absolute atomic E-state index is 13.4. The molecule has 2 atom stereocenters. The molecule has 0 aromatic rings. The van der Waals surface area contributed by atoms with E-state index in [-0.39, 0.29) is 13.8 Å². The lowest BCUT2D eigenvalue weighted by Gasteiger charge is -2.50. The molecule has 1 aliphatic rings. The Morgan fingerprint density at radius 2 is 1.00 bits per heavy atom. The summed E-state index contributed by atoms with van der Waals surface area (Å²) in [6.07, 6.45) is -30.0. The van der Waals surface area contributed by atoms with Gasteiger partial charge in [-0.3, -0.25) is 0 Å². The lowest BCUT2D eigenvalue weighted by molar-refractivity contribution is -0.373. The van der Waals surface area contributed by atoms with E-state index in [1.807, 2.05) is 0 Å². The molecule has 0 saturated heterocycles. The molecule has 1 aliphatic carbocycles. The molecule has 0 amide bonds. The lowest BCUT2D eigenvalue weighted by atomic mass is 9.59. The van der Waals surface area contributed by atoms with Gasteiger partial charge in [0.05, 0.1) is 0 Å². The van der Waals surface area contributed by atoms with E-state index < -0.39 is 78.7 Å².